The molecule has 106 valence electrons. The zero-order valence-corrected chi connectivity index (χ0v) is 12.1. The SMILES string of the molecule is CCCN(CC)C(=O)Cc1cc(OC)nc(OC)c1. The Morgan fingerprint density at radius 3 is 2.21 bits per heavy atom. The van der Waals surface area contributed by atoms with Gasteiger partial charge in [0.25, 0.3) is 0 Å². The van der Waals surface area contributed by atoms with Gasteiger partial charge in [0.15, 0.2) is 0 Å². The molecule has 0 bridgehead atoms. The van der Waals surface area contributed by atoms with Crippen LogP contribution < -0.4 is 9.47 Å². The highest BCUT2D eigenvalue weighted by molar-refractivity contribution is 5.78. The molecule has 0 radical (unpaired) electrons. The molecule has 1 amide bonds. The standard InChI is InChI=1S/C14H22N2O3/c1-5-7-16(6-2)14(17)10-11-8-12(18-3)15-13(9-11)19-4/h8-9H,5-7,10H2,1-4H3. The number of pyridine rings is 1. The average Bonchev–Trinajstić information content (AvgIpc) is 2.43. The van der Waals surface area contributed by atoms with Crippen molar-refractivity contribution >= 4 is 5.91 Å². The molecule has 0 aliphatic carbocycles. The number of hydrogen-bond donors (Lipinski definition) is 0. The lowest BCUT2D eigenvalue weighted by Crippen LogP contribution is -2.32. The van der Waals surface area contributed by atoms with Crippen LogP contribution in [0.1, 0.15) is 25.8 Å². The van der Waals surface area contributed by atoms with E-state index >= 15 is 0 Å². The number of ether oxygens (including phenoxy) is 2. The zero-order valence-electron chi connectivity index (χ0n) is 12.1. The number of nitrogens with zero attached hydrogens (tertiary/aromatic N) is 2. The summed E-state index contributed by atoms with van der Waals surface area (Å²) in [6.07, 6.45) is 1.30. The van der Waals surface area contributed by atoms with Crippen LogP contribution in [0.5, 0.6) is 11.8 Å². The van der Waals surface area contributed by atoms with Crippen molar-refractivity contribution < 1.29 is 14.3 Å². The summed E-state index contributed by atoms with van der Waals surface area (Å²) >= 11 is 0. The van der Waals surface area contributed by atoms with Crippen molar-refractivity contribution in [3.63, 3.8) is 0 Å². The number of carbonyl (C=O) groups excluding carboxylic acids is 1. The Balaban J connectivity index is 2.83. The fourth-order valence-corrected chi connectivity index (χ4v) is 1.86. The van der Waals surface area contributed by atoms with E-state index in [-0.39, 0.29) is 5.91 Å². The normalized spacial score (nSPS) is 10.1. The van der Waals surface area contributed by atoms with Gasteiger partial charge in [-0.1, -0.05) is 6.92 Å². The Hall–Kier alpha value is -1.78. The third-order valence-corrected chi connectivity index (χ3v) is 2.84. The summed E-state index contributed by atoms with van der Waals surface area (Å²) in [6, 6.07) is 3.53. The van der Waals surface area contributed by atoms with Crippen molar-refractivity contribution in [3.05, 3.63) is 17.7 Å². The molecule has 1 heterocycles. The third kappa shape index (κ3) is 4.43. The van der Waals surface area contributed by atoms with E-state index in [0.29, 0.717) is 18.2 Å². The first-order valence-electron chi connectivity index (χ1n) is 6.51. The molecule has 19 heavy (non-hydrogen) atoms. The van der Waals surface area contributed by atoms with Crippen LogP contribution in [-0.2, 0) is 11.2 Å². The van der Waals surface area contributed by atoms with Gasteiger partial charge in [0, 0.05) is 25.2 Å². The molecular formula is C14H22N2O3. The van der Waals surface area contributed by atoms with Gasteiger partial charge in [-0.2, -0.15) is 4.98 Å². The van der Waals surface area contributed by atoms with Gasteiger partial charge in [-0.15, -0.1) is 0 Å². The van der Waals surface area contributed by atoms with Crippen LogP contribution in [0.3, 0.4) is 0 Å². The Labute approximate surface area is 114 Å². The fourth-order valence-electron chi connectivity index (χ4n) is 1.86. The molecule has 0 fully saturated rings. The van der Waals surface area contributed by atoms with E-state index in [1.54, 1.807) is 26.4 Å². The number of carbonyl (C=O) groups is 1. The number of rotatable bonds is 7. The lowest BCUT2D eigenvalue weighted by atomic mass is 10.1. The van der Waals surface area contributed by atoms with Crippen molar-refractivity contribution in [3.8, 4) is 11.8 Å². The van der Waals surface area contributed by atoms with E-state index in [2.05, 4.69) is 11.9 Å². The number of likely N-dealkylation sites (N-methyl/N-ethyl adjacent to an activating group) is 1. The number of aromatic nitrogens is 1. The van der Waals surface area contributed by atoms with E-state index in [4.69, 9.17) is 9.47 Å². The second kappa shape index (κ2) is 7.61. The van der Waals surface area contributed by atoms with Gasteiger partial charge >= 0.3 is 0 Å². The Kier molecular flexibility index (Phi) is 6.12. The van der Waals surface area contributed by atoms with Crippen molar-refractivity contribution in [2.75, 3.05) is 27.3 Å². The molecule has 0 spiro atoms. The second-order valence-electron chi connectivity index (χ2n) is 4.21. The van der Waals surface area contributed by atoms with Crippen LogP contribution in [0, 0.1) is 0 Å². The lowest BCUT2D eigenvalue weighted by molar-refractivity contribution is -0.130. The highest BCUT2D eigenvalue weighted by Crippen LogP contribution is 2.18. The van der Waals surface area contributed by atoms with Gasteiger partial charge in [0.1, 0.15) is 0 Å². The summed E-state index contributed by atoms with van der Waals surface area (Å²) in [5.74, 6) is 1.03. The maximum atomic E-state index is 12.2. The topological polar surface area (TPSA) is 51.7 Å². The highest BCUT2D eigenvalue weighted by Gasteiger charge is 2.13. The van der Waals surface area contributed by atoms with Crippen molar-refractivity contribution in [2.24, 2.45) is 0 Å². The number of methoxy groups -OCH3 is 2. The first-order chi connectivity index (χ1) is 9.14. The summed E-state index contributed by atoms with van der Waals surface area (Å²) in [5.41, 5.74) is 0.850. The molecule has 0 N–H and O–H groups in total. The van der Waals surface area contributed by atoms with Gasteiger partial charge in [0.05, 0.1) is 20.6 Å². The maximum absolute atomic E-state index is 12.2. The summed E-state index contributed by atoms with van der Waals surface area (Å²) in [4.78, 5) is 18.1. The van der Waals surface area contributed by atoms with Crippen LogP contribution >= 0.6 is 0 Å². The minimum absolute atomic E-state index is 0.111. The second-order valence-corrected chi connectivity index (χ2v) is 4.21. The summed E-state index contributed by atoms with van der Waals surface area (Å²) < 4.78 is 10.2. The van der Waals surface area contributed by atoms with Crippen molar-refractivity contribution in [1.29, 1.82) is 0 Å². The van der Waals surface area contributed by atoms with Crippen molar-refractivity contribution in [1.82, 2.24) is 9.88 Å². The molecule has 1 rings (SSSR count). The van der Waals surface area contributed by atoms with Gasteiger partial charge in [-0.05, 0) is 18.9 Å². The minimum Gasteiger partial charge on any atom is -0.481 e. The summed E-state index contributed by atoms with van der Waals surface area (Å²) in [5, 5.41) is 0. The average molecular weight is 266 g/mol. The van der Waals surface area contributed by atoms with Gasteiger partial charge in [-0.3, -0.25) is 4.79 Å². The molecule has 0 saturated heterocycles. The molecular weight excluding hydrogens is 244 g/mol. The molecule has 0 atom stereocenters. The predicted molar refractivity (Wildman–Crippen MR) is 73.6 cm³/mol. The molecule has 0 aliphatic heterocycles. The predicted octanol–water partition coefficient (Wildman–Crippen LogP) is 1.90. The molecule has 0 unspecified atom stereocenters. The molecule has 1 aromatic rings. The van der Waals surface area contributed by atoms with Crippen LogP contribution in [0.4, 0.5) is 0 Å². The lowest BCUT2D eigenvalue weighted by Gasteiger charge is -2.20. The van der Waals surface area contributed by atoms with E-state index < -0.39 is 0 Å². The molecule has 5 nitrogen and oxygen atoms in total. The van der Waals surface area contributed by atoms with Crippen molar-refractivity contribution in [2.45, 2.75) is 26.7 Å². The molecule has 0 aromatic carbocycles. The van der Waals surface area contributed by atoms with E-state index in [0.717, 1.165) is 25.1 Å². The van der Waals surface area contributed by atoms with Gasteiger partial charge in [0.2, 0.25) is 17.7 Å². The first kappa shape index (κ1) is 15.3. The quantitative estimate of drug-likeness (QED) is 0.756. The summed E-state index contributed by atoms with van der Waals surface area (Å²) in [7, 11) is 3.09. The summed E-state index contributed by atoms with van der Waals surface area (Å²) in [6.45, 7) is 5.57. The van der Waals surface area contributed by atoms with E-state index in [9.17, 15) is 4.79 Å². The smallest absolute Gasteiger partial charge is 0.226 e. The Bertz CT molecular complexity index is 399. The maximum Gasteiger partial charge on any atom is 0.226 e. The van der Waals surface area contributed by atoms with Gasteiger partial charge in [-0.25, -0.2) is 0 Å². The Morgan fingerprint density at radius 2 is 1.79 bits per heavy atom. The van der Waals surface area contributed by atoms with Crippen LogP contribution in [0.25, 0.3) is 0 Å². The first-order valence-corrected chi connectivity index (χ1v) is 6.51. The van der Waals surface area contributed by atoms with Crippen LogP contribution in [0.2, 0.25) is 0 Å². The monoisotopic (exact) mass is 266 g/mol. The third-order valence-electron chi connectivity index (χ3n) is 2.84. The van der Waals surface area contributed by atoms with Crippen LogP contribution in [-0.4, -0.2) is 43.1 Å². The van der Waals surface area contributed by atoms with Crippen LogP contribution in [0.15, 0.2) is 12.1 Å². The van der Waals surface area contributed by atoms with E-state index in [1.807, 2.05) is 11.8 Å². The largest absolute Gasteiger partial charge is 0.481 e. The minimum atomic E-state index is 0.111. The highest BCUT2D eigenvalue weighted by atomic mass is 16.5. The fraction of sp³-hybridized carbons (Fsp3) is 0.571. The molecule has 5 heteroatoms. The number of amides is 1. The number of hydrogen-bond acceptors (Lipinski definition) is 4. The van der Waals surface area contributed by atoms with Gasteiger partial charge < -0.3 is 14.4 Å². The molecule has 0 saturated carbocycles. The Morgan fingerprint density at radius 1 is 1.21 bits per heavy atom. The molecule has 1 aromatic heterocycles. The van der Waals surface area contributed by atoms with E-state index in [1.165, 1.54) is 0 Å². The molecule has 0 aliphatic rings. The zero-order chi connectivity index (χ0) is 14.3.